The average Bonchev–Trinajstić information content (AvgIpc) is 2.17. The summed E-state index contributed by atoms with van der Waals surface area (Å²) in [5.74, 6) is 0. The maximum Gasteiger partial charge on any atom is 0.177 e. The Hall–Kier alpha value is -0.280. The highest BCUT2D eigenvalue weighted by molar-refractivity contribution is 6.67. The lowest BCUT2D eigenvalue weighted by Gasteiger charge is -2.33. The smallest absolute Gasteiger partial charge is 0.177 e. The first-order valence-corrected chi connectivity index (χ1v) is 4.56. The van der Waals surface area contributed by atoms with Crippen molar-refractivity contribution >= 4 is 16.8 Å². The van der Waals surface area contributed by atoms with Gasteiger partial charge in [-0.1, -0.05) is 36.0 Å². The van der Waals surface area contributed by atoms with Gasteiger partial charge in [-0.05, 0) is 12.8 Å². The van der Waals surface area contributed by atoms with Crippen LogP contribution in [-0.2, 0) is 4.74 Å². The Bertz CT molecular complexity index is 176. The summed E-state index contributed by atoms with van der Waals surface area (Å²) in [6.07, 6.45) is 5.08. The first-order chi connectivity index (χ1) is 5.75. The lowest BCUT2D eigenvalue weighted by molar-refractivity contribution is 0.0193. The third kappa shape index (κ3) is 1.72. The molecule has 4 heteroatoms. The van der Waals surface area contributed by atoms with E-state index in [9.17, 15) is 0 Å². The van der Waals surface area contributed by atoms with Gasteiger partial charge in [0.25, 0.3) is 0 Å². The van der Waals surface area contributed by atoms with Crippen molar-refractivity contribution in [3.8, 4) is 0 Å². The molecule has 0 aromatic rings. The van der Waals surface area contributed by atoms with Crippen LogP contribution in [0.2, 0.25) is 0 Å². The van der Waals surface area contributed by atoms with E-state index in [0.29, 0.717) is 0 Å². The zero-order valence-electron chi connectivity index (χ0n) is 7.22. The van der Waals surface area contributed by atoms with E-state index < -0.39 is 5.60 Å². The predicted octanol–water partition coefficient (Wildman–Crippen LogP) is 2.36. The average molecular weight is 192 g/mol. The number of ether oxygens (including phenoxy) is 1. The van der Waals surface area contributed by atoms with E-state index in [0.717, 1.165) is 25.7 Å². The third-order valence-electron chi connectivity index (χ3n) is 2.52. The molecular formula is C8H14ClNO2. The molecule has 1 N–H and O–H groups in total. The Labute approximate surface area is 77.3 Å². The molecule has 3 nitrogen and oxygen atoms in total. The number of methoxy groups -OCH3 is 1. The molecule has 0 aromatic heterocycles. The number of hydrogen-bond acceptors (Lipinski definition) is 3. The molecule has 0 aromatic carbocycles. The molecule has 1 fully saturated rings. The van der Waals surface area contributed by atoms with Crippen LogP contribution in [0.1, 0.15) is 32.1 Å². The Kier molecular flexibility index (Phi) is 3.35. The van der Waals surface area contributed by atoms with Crippen LogP contribution in [-0.4, -0.2) is 23.1 Å². The molecule has 0 spiro atoms. The van der Waals surface area contributed by atoms with Crippen molar-refractivity contribution in [2.45, 2.75) is 37.7 Å². The van der Waals surface area contributed by atoms with Crippen LogP contribution in [0.4, 0.5) is 0 Å². The van der Waals surface area contributed by atoms with Gasteiger partial charge >= 0.3 is 0 Å². The summed E-state index contributed by atoms with van der Waals surface area (Å²) in [6.45, 7) is 0. The molecule has 0 atom stereocenters. The topological polar surface area (TPSA) is 41.8 Å². The van der Waals surface area contributed by atoms with Gasteiger partial charge in [-0.25, -0.2) is 0 Å². The second kappa shape index (κ2) is 4.10. The highest BCUT2D eigenvalue weighted by Crippen LogP contribution is 2.33. The van der Waals surface area contributed by atoms with E-state index in [1.165, 1.54) is 6.42 Å². The standard InChI is InChI=1S/C8H14ClNO2/c1-12-8(7(9)10-11)5-3-2-4-6-8/h11H,2-6H2,1H3/b10-7-. The van der Waals surface area contributed by atoms with Crippen molar-refractivity contribution in [3.05, 3.63) is 0 Å². The molecule has 0 bridgehead atoms. The van der Waals surface area contributed by atoms with Crippen LogP contribution in [0.5, 0.6) is 0 Å². The number of nitrogens with zero attached hydrogens (tertiary/aromatic N) is 1. The highest BCUT2D eigenvalue weighted by atomic mass is 35.5. The van der Waals surface area contributed by atoms with Crippen LogP contribution in [0, 0.1) is 0 Å². The van der Waals surface area contributed by atoms with Crippen LogP contribution >= 0.6 is 11.6 Å². The molecular weight excluding hydrogens is 178 g/mol. The van der Waals surface area contributed by atoms with Crippen LogP contribution in [0.3, 0.4) is 0 Å². The maximum atomic E-state index is 8.56. The van der Waals surface area contributed by atoms with Gasteiger partial charge in [-0.3, -0.25) is 0 Å². The molecule has 0 aliphatic heterocycles. The minimum atomic E-state index is -0.505. The van der Waals surface area contributed by atoms with E-state index in [4.69, 9.17) is 21.5 Å². The molecule has 0 amide bonds. The summed E-state index contributed by atoms with van der Waals surface area (Å²) >= 11 is 5.78. The van der Waals surface area contributed by atoms with Crippen LogP contribution < -0.4 is 0 Å². The van der Waals surface area contributed by atoms with Gasteiger partial charge < -0.3 is 9.94 Å². The second-order valence-electron chi connectivity index (χ2n) is 3.15. The van der Waals surface area contributed by atoms with E-state index >= 15 is 0 Å². The molecule has 70 valence electrons. The summed E-state index contributed by atoms with van der Waals surface area (Å²) < 4.78 is 5.31. The zero-order valence-corrected chi connectivity index (χ0v) is 7.97. The number of halogens is 1. The van der Waals surface area contributed by atoms with E-state index in [2.05, 4.69) is 5.16 Å². The predicted molar refractivity (Wildman–Crippen MR) is 47.9 cm³/mol. The molecule has 1 aliphatic carbocycles. The SMILES string of the molecule is COC1(/C(Cl)=N/O)CCCCC1. The summed E-state index contributed by atoms with van der Waals surface area (Å²) in [5.41, 5.74) is -0.505. The molecule has 1 aliphatic rings. The fourth-order valence-corrected chi connectivity index (χ4v) is 1.97. The lowest BCUT2D eigenvalue weighted by atomic mass is 9.85. The van der Waals surface area contributed by atoms with Gasteiger partial charge in [0.05, 0.1) is 0 Å². The number of rotatable bonds is 2. The van der Waals surface area contributed by atoms with Crippen molar-refractivity contribution in [1.82, 2.24) is 0 Å². The molecule has 1 rings (SSSR count). The fraction of sp³-hybridized carbons (Fsp3) is 0.875. The summed E-state index contributed by atoms with van der Waals surface area (Å²) in [6, 6.07) is 0. The first kappa shape index (κ1) is 9.81. The third-order valence-corrected chi connectivity index (χ3v) is 2.94. The van der Waals surface area contributed by atoms with Crippen molar-refractivity contribution in [3.63, 3.8) is 0 Å². The lowest BCUT2D eigenvalue weighted by Crippen LogP contribution is -2.40. The van der Waals surface area contributed by atoms with Crippen molar-refractivity contribution < 1.29 is 9.94 Å². The highest BCUT2D eigenvalue weighted by Gasteiger charge is 2.37. The Balaban J connectivity index is 2.73. The Morgan fingerprint density at radius 3 is 2.42 bits per heavy atom. The fourth-order valence-electron chi connectivity index (χ4n) is 1.71. The zero-order chi connectivity index (χ0) is 9.03. The van der Waals surface area contributed by atoms with Crippen molar-refractivity contribution in [2.24, 2.45) is 5.16 Å². The first-order valence-electron chi connectivity index (χ1n) is 4.18. The van der Waals surface area contributed by atoms with E-state index in [1.54, 1.807) is 7.11 Å². The number of hydrogen-bond donors (Lipinski definition) is 1. The van der Waals surface area contributed by atoms with Crippen molar-refractivity contribution in [1.29, 1.82) is 0 Å². The van der Waals surface area contributed by atoms with Gasteiger partial charge in [-0.2, -0.15) is 0 Å². The molecule has 0 heterocycles. The van der Waals surface area contributed by atoms with Crippen LogP contribution in [0.15, 0.2) is 5.16 Å². The van der Waals surface area contributed by atoms with Crippen molar-refractivity contribution in [2.75, 3.05) is 7.11 Å². The van der Waals surface area contributed by atoms with Gasteiger partial charge in [0, 0.05) is 7.11 Å². The normalized spacial score (nSPS) is 24.0. The molecule has 1 saturated carbocycles. The monoisotopic (exact) mass is 191 g/mol. The molecule has 12 heavy (non-hydrogen) atoms. The maximum absolute atomic E-state index is 8.56. The van der Waals surface area contributed by atoms with E-state index in [-0.39, 0.29) is 5.17 Å². The minimum Gasteiger partial charge on any atom is -0.410 e. The van der Waals surface area contributed by atoms with Crippen LogP contribution in [0.25, 0.3) is 0 Å². The minimum absolute atomic E-state index is 0.185. The molecule has 0 radical (unpaired) electrons. The van der Waals surface area contributed by atoms with Gasteiger partial charge in [-0.15, -0.1) is 0 Å². The summed E-state index contributed by atoms with van der Waals surface area (Å²) in [4.78, 5) is 0. The molecule has 0 unspecified atom stereocenters. The summed E-state index contributed by atoms with van der Waals surface area (Å²) in [5, 5.41) is 11.8. The Morgan fingerprint density at radius 2 is 2.00 bits per heavy atom. The van der Waals surface area contributed by atoms with Gasteiger partial charge in [0.2, 0.25) is 0 Å². The quantitative estimate of drug-likeness (QED) is 0.414. The van der Waals surface area contributed by atoms with Gasteiger partial charge in [0.15, 0.2) is 5.17 Å². The van der Waals surface area contributed by atoms with Gasteiger partial charge in [0.1, 0.15) is 5.60 Å². The number of oxime groups is 1. The Morgan fingerprint density at radius 1 is 1.42 bits per heavy atom. The molecule has 0 saturated heterocycles. The second-order valence-corrected chi connectivity index (χ2v) is 3.51. The summed E-state index contributed by atoms with van der Waals surface area (Å²) in [7, 11) is 1.61. The largest absolute Gasteiger partial charge is 0.410 e. The van der Waals surface area contributed by atoms with E-state index in [1.807, 2.05) is 0 Å².